The molecule has 1 aromatic heterocycles. The molecule has 1 saturated heterocycles. The minimum absolute atomic E-state index is 0.488. The van der Waals surface area contributed by atoms with Gasteiger partial charge < -0.3 is 15.8 Å². The van der Waals surface area contributed by atoms with Crippen LogP contribution in [-0.2, 0) is 11.3 Å². The maximum atomic E-state index is 9.30. The highest BCUT2D eigenvalue weighted by molar-refractivity contribution is 5.00. The Hall–Kier alpha value is -0.950. The Balaban J connectivity index is 1.95. The third-order valence-electron chi connectivity index (χ3n) is 1.81. The summed E-state index contributed by atoms with van der Waals surface area (Å²) >= 11 is 0. The molecule has 66 valence electrons. The molecule has 1 aliphatic rings. The number of nitrogens with two attached hydrogens (primary N) is 1. The van der Waals surface area contributed by atoms with Crippen molar-refractivity contribution in [3.63, 3.8) is 0 Å². The fourth-order valence-corrected chi connectivity index (χ4v) is 0.975. The first-order chi connectivity index (χ1) is 5.71. The zero-order valence-corrected chi connectivity index (χ0v) is 6.32. The summed E-state index contributed by atoms with van der Waals surface area (Å²) in [5.41, 5.74) is 8.81. The van der Waals surface area contributed by atoms with E-state index in [0.29, 0.717) is 6.42 Å². The highest BCUT2D eigenvalue weighted by Crippen LogP contribution is 2.20. The lowest BCUT2D eigenvalue weighted by Crippen LogP contribution is -2.41. The van der Waals surface area contributed by atoms with Crippen LogP contribution in [0.2, 0.25) is 0 Å². The van der Waals surface area contributed by atoms with Crippen molar-refractivity contribution in [2.45, 2.75) is 18.4 Å². The van der Waals surface area contributed by atoms with Crippen LogP contribution in [0.4, 0.5) is 0 Å². The van der Waals surface area contributed by atoms with Crippen LogP contribution in [0.15, 0.2) is 12.5 Å². The Bertz CT molecular complexity index is 257. The number of aliphatic hydroxyl groups is 1. The van der Waals surface area contributed by atoms with E-state index in [1.54, 1.807) is 12.5 Å². The molecule has 0 spiro atoms. The van der Waals surface area contributed by atoms with E-state index < -0.39 is 12.0 Å². The lowest BCUT2D eigenvalue weighted by atomic mass is 10.1. The molecule has 0 amide bonds. The van der Waals surface area contributed by atoms with Crippen molar-refractivity contribution in [2.75, 3.05) is 0 Å². The van der Waals surface area contributed by atoms with Gasteiger partial charge >= 0.3 is 0 Å². The SMILES string of the molecule is N[C@@H](Cc1cnc[nH]1)C1(O)NO1. The van der Waals surface area contributed by atoms with Gasteiger partial charge in [-0.15, -0.1) is 5.48 Å². The quantitative estimate of drug-likeness (QED) is 0.411. The van der Waals surface area contributed by atoms with Crippen LogP contribution in [0.25, 0.3) is 0 Å². The van der Waals surface area contributed by atoms with Gasteiger partial charge in [-0.25, -0.2) is 9.82 Å². The van der Waals surface area contributed by atoms with Crippen molar-refractivity contribution in [3.05, 3.63) is 18.2 Å². The monoisotopic (exact) mass is 170 g/mol. The summed E-state index contributed by atoms with van der Waals surface area (Å²) in [6.45, 7) is 0. The van der Waals surface area contributed by atoms with Crippen molar-refractivity contribution in [1.29, 1.82) is 0 Å². The van der Waals surface area contributed by atoms with Crippen molar-refractivity contribution in [3.8, 4) is 0 Å². The molecule has 0 aromatic carbocycles. The smallest absolute Gasteiger partial charge is 0.280 e. The number of H-pyrrole nitrogens is 1. The molecule has 0 aliphatic carbocycles. The molecule has 1 fully saturated rings. The standard InChI is InChI=1S/C6H10N4O2/c7-5(6(11)10-12-6)1-4-2-8-3-9-4/h2-3,5,10-11H,1,7H2,(H,8,9)/t5-,6?/m0/s1. The molecule has 2 rings (SSSR count). The van der Waals surface area contributed by atoms with Gasteiger partial charge in [0.05, 0.1) is 12.4 Å². The van der Waals surface area contributed by atoms with Crippen LogP contribution >= 0.6 is 0 Å². The van der Waals surface area contributed by atoms with Gasteiger partial charge in [0.25, 0.3) is 5.91 Å². The van der Waals surface area contributed by atoms with Gasteiger partial charge in [0, 0.05) is 18.3 Å². The summed E-state index contributed by atoms with van der Waals surface area (Å²) in [6, 6.07) is -0.488. The predicted octanol–water partition coefficient (Wildman–Crippen LogP) is -1.54. The van der Waals surface area contributed by atoms with Crippen LogP contribution in [0.3, 0.4) is 0 Å². The number of nitrogens with one attached hydrogen (secondary N) is 2. The molecule has 2 atom stereocenters. The first kappa shape index (κ1) is 7.69. The lowest BCUT2D eigenvalue weighted by molar-refractivity contribution is 0.0125. The van der Waals surface area contributed by atoms with E-state index >= 15 is 0 Å². The first-order valence-electron chi connectivity index (χ1n) is 3.61. The third kappa shape index (κ3) is 1.32. The molecule has 0 bridgehead atoms. The fraction of sp³-hybridized carbons (Fsp3) is 0.500. The Morgan fingerprint density at radius 3 is 3.08 bits per heavy atom. The number of aromatic amines is 1. The van der Waals surface area contributed by atoms with Gasteiger partial charge in [-0.1, -0.05) is 0 Å². The Morgan fingerprint density at radius 1 is 1.83 bits per heavy atom. The van der Waals surface area contributed by atoms with Crippen LogP contribution < -0.4 is 11.2 Å². The van der Waals surface area contributed by atoms with Gasteiger partial charge in [-0.05, 0) is 0 Å². The summed E-state index contributed by atoms with van der Waals surface area (Å²) in [4.78, 5) is 11.3. The molecule has 0 radical (unpaired) electrons. The molecule has 1 aromatic rings. The third-order valence-corrected chi connectivity index (χ3v) is 1.81. The van der Waals surface area contributed by atoms with Gasteiger partial charge in [-0.3, -0.25) is 0 Å². The summed E-state index contributed by atoms with van der Waals surface area (Å²) in [6.07, 6.45) is 3.71. The maximum absolute atomic E-state index is 9.30. The summed E-state index contributed by atoms with van der Waals surface area (Å²) in [7, 11) is 0. The predicted molar refractivity (Wildman–Crippen MR) is 39.4 cm³/mol. The van der Waals surface area contributed by atoms with E-state index in [1.807, 2.05) is 0 Å². The van der Waals surface area contributed by atoms with Crippen LogP contribution in [0, 0.1) is 0 Å². The normalized spacial score (nSPS) is 30.2. The Morgan fingerprint density at radius 2 is 2.58 bits per heavy atom. The fourth-order valence-electron chi connectivity index (χ4n) is 0.975. The molecule has 1 unspecified atom stereocenters. The first-order valence-corrected chi connectivity index (χ1v) is 3.61. The van der Waals surface area contributed by atoms with Gasteiger partial charge in [-0.2, -0.15) is 0 Å². The highest BCUT2D eigenvalue weighted by atomic mass is 16.9. The van der Waals surface area contributed by atoms with Gasteiger partial charge in [0.2, 0.25) is 0 Å². The molecular formula is C6H10N4O2. The zero-order chi connectivity index (χ0) is 8.60. The number of rotatable bonds is 3. The molecule has 5 N–H and O–H groups in total. The van der Waals surface area contributed by atoms with Crippen LogP contribution in [-0.4, -0.2) is 27.0 Å². The molecule has 2 heterocycles. The van der Waals surface area contributed by atoms with E-state index in [4.69, 9.17) is 5.73 Å². The summed E-state index contributed by atoms with van der Waals surface area (Å²) in [5, 5.41) is 9.30. The molecule has 6 nitrogen and oxygen atoms in total. The number of hydrogen-bond acceptors (Lipinski definition) is 5. The molecular weight excluding hydrogens is 160 g/mol. The van der Waals surface area contributed by atoms with E-state index in [-0.39, 0.29) is 0 Å². The van der Waals surface area contributed by atoms with E-state index in [2.05, 4.69) is 20.3 Å². The van der Waals surface area contributed by atoms with Crippen molar-refractivity contribution < 1.29 is 9.94 Å². The average molecular weight is 170 g/mol. The zero-order valence-electron chi connectivity index (χ0n) is 6.32. The highest BCUT2D eigenvalue weighted by Gasteiger charge is 2.49. The van der Waals surface area contributed by atoms with Crippen molar-refractivity contribution in [2.24, 2.45) is 5.73 Å². The lowest BCUT2D eigenvalue weighted by Gasteiger charge is -2.10. The largest absolute Gasteiger partial charge is 0.349 e. The van der Waals surface area contributed by atoms with E-state index in [1.165, 1.54) is 0 Å². The second-order valence-corrected chi connectivity index (χ2v) is 2.79. The second-order valence-electron chi connectivity index (χ2n) is 2.79. The van der Waals surface area contributed by atoms with E-state index in [9.17, 15) is 5.11 Å². The maximum Gasteiger partial charge on any atom is 0.280 e. The number of imidazole rings is 1. The van der Waals surface area contributed by atoms with Gasteiger partial charge in [0.15, 0.2) is 0 Å². The topological polar surface area (TPSA) is 109 Å². The Labute approximate surface area is 68.7 Å². The number of hydroxylamine groups is 1. The van der Waals surface area contributed by atoms with Gasteiger partial charge in [0.1, 0.15) is 0 Å². The molecule has 0 saturated carbocycles. The van der Waals surface area contributed by atoms with Crippen LogP contribution in [0.5, 0.6) is 0 Å². The van der Waals surface area contributed by atoms with Crippen molar-refractivity contribution in [1.82, 2.24) is 15.4 Å². The van der Waals surface area contributed by atoms with Crippen LogP contribution in [0.1, 0.15) is 5.69 Å². The molecule has 6 heteroatoms. The number of nitrogens with zero attached hydrogens (tertiary/aromatic N) is 1. The summed E-state index contributed by atoms with van der Waals surface area (Å²) < 4.78 is 0. The number of hydrogen-bond donors (Lipinski definition) is 4. The minimum atomic E-state index is -1.34. The number of aromatic nitrogens is 2. The Kier molecular flexibility index (Phi) is 1.62. The second kappa shape index (κ2) is 2.53. The van der Waals surface area contributed by atoms with E-state index in [0.717, 1.165) is 5.69 Å². The summed E-state index contributed by atoms with van der Waals surface area (Å²) in [5.74, 6) is -1.34. The molecule has 12 heavy (non-hydrogen) atoms. The average Bonchev–Trinajstić information content (AvgIpc) is 2.63. The molecule has 1 aliphatic heterocycles. The minimum Gasteiger partial charge on any atom is -0.349 e. The van der Waals surface area contributed by atoms with Crippen molar-refractivity contribution >= 4 is 0 Å².